The van der Waals surface area contributed by atoms with Crippen LogP contribution < -0.4 is 4.74 Å². The highest BCUT2D eigenvalue weighted by Gasteiger charge is 2.22. The van der Waals surface area contributed by atoms with Gasteiger partial charge < -0.3 is 4.74 Å². The molecule has 0 aliphatic carbocycles. The number of carbonyl (C=O) groups is 1. The summed E-state index contributed by atoms with van der Waals surface area (Å²) in [5, 5.41) is 11.1. The molecule has 0 amide bonds. The highest BCUT2D eigenvalue weighted by molar-refractivity contribution is 7.99. The number of fused-ring (bicyclic) bond motifs is 1. The van der Waals surface area contributed by atoms with E-state index in [-0.39, 0.29) is 11.5 Å². The molecule has 164 valence electrons. The number of hydrogen-bond acceptors (Lipinski definition) is 6. The SMILES string of the molecule is COc1ccc2c(Cl)c(-c3nnc(SCC(=O)c4ccccc4)n3-c3ccccc3)sc2c1. The predicted octanol–water partition coefficient (Wildman–Crippen LogP) is 6.79. The first-order valence-electron chi connectivity index (χ1n) is 10.1. The summed E-state index contributed by atoms with van der Waals surface area (Å²) in [6, 6.07) is 24.9. The lowest BCUT2D eigenvalue weighted by atomic mass is 10.2. The van der Waals surface area contributed by atoms with Crippen molar-refractivity contribution in [2.75, 3.05) is 12.9 Å². The molecule has 0 aliphatic heterocycles. The lowest BCUT2D eigenvalue weighted by molar-refractivity contribution is 0.102. The van der Waals surface area contributed by atoms with Gasteiger partial charge in [0, 0.05) is 21.3 Å². The van der Waals surface area contributed by atoms with Crippen LogP contribution in [-0.2, 0) is 0 Å². The van der Waals surface area contributed by atoms with E-state index in [9.17, 15) is 4.79 Å². The number of ketones is 1. The van der Waals surface area contributed by atoms with E-state index < -0.39 is 0 Å². The van der Waals surface area contributed by atoms with Crippen LogP contribution in [0.1, 0.15) is 10.4 Å². The third kappa shape index (κ3) is 4.27. The average Bonchev–Trinajstić information content (AvgIpc) is 3.43. The number of aromatic nitrogens is 3. The van der Waals surface area contributed by atoms with Crippen LogP contribution in [-0.4, -0.2) is 33.4 Å². The average molecular weight is 492 g/mol. The van der Waals surface area contributed by atoms with E-state index in [0.717, 1.165) is 26.4 Å². The molecule has 0 saturated carbocycles. The van der Waals surface area contributed by atoms with E-state index in [1.165, 1.54) is 23.1 Å². The van der Waals surface area contributed by atoms with Gasteiger partial charge in [0.1, 0.15) is 5.75 Å². The number of thiophene rings is 1. The van der Waals surface area contributed by atoms with Crippen molar-refractivity contribution in [1.29, 1.82) is 0 Å². The second-order valence-electron chi connectivity index (χ2n) is 7.16. The molecule has 8 heteroatoms. The summed E-state index contributed by atoms with van der Waals surface area (Å²) in [4.78, 5) is 13.5. The first kappa shape index (κ1) is 21.7. The van der Waals surface area contributed by atoms with E-state index in [1.54, 1.807) is 7.11 Å². The Kier molecular flexibility index (Phi) is 6.17. The lowest BCUT2D eigenvalue weighted by Crippen LogP contribution is -2.04. The fourth-order valence-electron chi connectivity index (χ4n) is 3.47. The van der Waals surface area contributed by atoms with Gasteiger partial charge >= 0.3 is 0 Å². The normalized spacial score (nSPS) is 11.1. The Morgan fingerprint density at radius 1 is 1.03 bits per heavy atom. The Morgan fingerprint density at radius 2 is 1.76 bits per heavy atom. The van der Waals surface area contributed by atoms with Crippen LogP contribution in [0, 0.1) is 0 Å². The van der Waals surface area contributed by atoms with Crippen molar-refractivity contribution in [2.24, 2.45) is 0 Å². The number of para-hydroxylation sites is 1. The molecule has 0 atom stereocenters. The number of rotatable bonds is 7. The number of hydrogen-bond donors (Lipinski definition) is 0. The minimum atomic E-state index is 0.0387. The summed E-state index contributed by atoms with van der Waals surface area (Å²) < 4.78 is 8.32. The summed E-state index contributed by atoms with van der Waals surface area (Å²) in [5.74, 6) is 1.71. The number of methoxy groups -OCH3 is 1. The van der Waals surface area contributed by atoms with E-state index in [1.807, 2.05) is 83.4 Å². The number of benzene rings is 3. The number of carbonyl (C=O) groups excluding carboxylic acids is 1. The maximum absolute atomic E-state index is 12.7. The largest absolute Gasteiger partial charge is 0.497 e. The summed E-state index contributed by atoms with van der Waals surface area (Å²) in [6.07, 6.45) is 0. The Bertz CT molecular complexity index is 1430. The quantitative estimate of drug-likeness (QED) is 0.185. The van der Waals surface area contributed by atoms with E-state index in [0.29, 0.717) is 21.6 Å². The van der Waals surface area contributed by atoms with Gasteiger partial charge in [-0.25, -0.2) is 0 Å². The van der Waals surface area contributed by atoms with Crippen LogP contribution in [0.25, 0.3) is 26.5 Å². The van der Waals surface area contributed by atoms with Crippen LogP contribution in [0.4, 0.5) is 0 Å². The maximum Gasteiger partial charge on any atom is 0.196 e. The van der Waals surface area contributed by atoms with Crippen molar-refractivity contribution in [3.63, 3.8) is 0 Å². The molecule has 0 saturated heterocycles. The molecule has 2 aromatic heterocycles. The molecule has 0 radical (unpaired) electrons. The van der Waals surface area contributed by atoms with Gasteiger partial charge in [-0.2, -0.15) is 0 Å². The van der Waals surface area contributed by atoms with Crippen molar-refractivity contribution >= 4 is 50.6 Å². The molecule has 33 heavy (non-hydrogen) atoms. The fourth-order valence-corrected chi connectivity index (χ4v) is 5.84. The van der Waals surface area contributed by atoms with Crippen molar-refractivity contribution in [2.45, 2.75) is 5.16 Å². The Morgan fingerprint density at radius 3 is 2.48 bits per heavy atom. The molecule has 0 N–H and O–H groups in total. The van der Waals surface area contributed by atoms with Crippen molar-refractivity contribution < 1.29 is 9.53 Å². The van der Waals surface area contributed by atoms with Gasteiger partial charge in [-0.3, -0.25) is 9.36 Å². The number of thioether (sulfide) groups is 1. The number of halogens is 1. The molecule has 5 rings (SSSR count). The first-order valence-corrected chi connectivity index (χ1v) is 12.3. The van der Waals surface area contributed by atoms with E-state index in [4.69, 9.17) is 16.3 Å². The van der Waals surface area contributed by atoms with E-state index in [2.05, 4.69) is 10.2 Å². The maximum atomic E-state index is 12.7. The van der Waals surface area contributed by atoms with Crippen LogP contribution >= 0.6 is 34.7 Å². The second kappa shape index (κ2) is 9.39. The van der Waals surface area contributed by atoms with Gasteiger partial charge in [-0.15, -0.1) is 21.5 Å². The third-order valence-electron chi connectivity index (χ3n) is 5.12. The third-order valence-corrected chi connectivity index (χ3v) is 7.70. The molecule has 3 aromatic carbocycles. The van der Waals surface area contributed by atoms with Crippen LogP contribution in [0.15, 0.2) is 84.0 Å². The summed E-state index contributed by atoms with van der Waals surface area (Å²) >= 11 is 9.69. The molecular formula is C25H18ClN3O2S2. The zero-order valence-electron chi connectivity index (χ0n) is 17.6. The van der Waals surface area contributed by atoms with Gasteiger partial charge in [0.05, 0.1) is 22.8 Å². The molecule has 2 heterocycles. The van der Waals surface area contributed by atoms with Gasteiger partial charge in [-0.05, 0) is 30.3 Å². The molecule has 0 spiro atoms. The lowest BCUT2D eigenvalue weighted by Gasteiger charge is -2.09. The molecule has 0 fully saturated rings. The van der Waals surface area contributed by atoms with Crippen molar-refractivity contribution in [1.82, 2.24) is 14.8 Å². The molecule has 0 aliphatic rings. The number of nitrogens with zero attached hydrogens (tertiary/aromatic N) is 3. The molecule has 0 unspecified atom stereocenters. The second-order valence-corrected chi connectivity index (χ2v) is 9.53. The minimum absolute atomic E-state index is 0.0387. The summed E-state index contributed by atoms with van der Waals surface area (Å²) in [7, 11) is 1.64. The molecular weight excluding hydrogens is 474 g/mol. The topological polar surface area (TPSA) is 57.0 Å². The summed E-state index contributed by atoms with van der Waals surface area (Å²) in [6.45, 7) is 0. The van der Waals surface area contributed by atoms with Crippen molar-refractivity contribution in [3.05, 3.63) is 89.4 Å². The predicted molar refractivity (Wildman–Crippen MR) is 135 cm³/mol. The highest BCUT2D eigenvalue weighted by atomic mass is 35.5. The zero-order chi connectivity index (χ0) is 22.8. The van der Waals surface area contributed by atoms with Gasteiger partial charge in [0.25, 0.3) is 0 Å². The van der Waals surface area contributed by atoms with Gasteiger partial charge in [0.2, 0.25) is 0 Å². The Hall–Kier alpha value is -3.13. The Labute approximate surface area is 204 Å². The number of Topliss-reactive ketones (excluding diaryl/α,β-unsaturated/α-hetero) is 1. The van der Waals surface area contributed by atoms with Gasteiger partial charge in [0.15, 0.2) is 16.8 Å². The fraction of sp³-hybridized carbons (Fsp3) is 0.0800. The molecule has 0 bridgehead atoms. The zero-order valence-corrected chi connectivity index (χ0v) is 20.0. The smallest absolute Gasteiger partial charge is 0.196 e. The standard InChI is InChI=1S/C25H18ClN3O2S2/c1-31-18-12-13-19-21(14-18)33-23(22(19)26)24-27-28-25(29(24)17-10-6-3-7-11-17)32-15-20(30)16-8-4-2-5-9-16/h2-14H,15H2,1H3. The Balaban J connectivity index is 1.56. The monoisotopic (exact) mass is 491 g/mol. The summed E-state index contributed by atoms with van der Waals surface area (Å²) in [5.41, 5.74) is 1.58. The molecule has 5 aromatic rings. The van der Waals surface area contributed by atoms with Gasteiger partial charge in [-0.1, -0.05) is 71.9 Å². The first-order chi connectivity index (χ1) is 16.2. The number of ether oxygens (including phenoxy) is 1. The highest BCUT2D eigenvalue weighted by Crippen LogP contribution is 2.43. The molecule has 5 nitrogen and oxygen atoms in total. The van der Waals surface area contributed by atoms with Crippen LogP contribution in [0.3, 0.4) is 0 Å². The minimum Gasteiger partial charge on any atom is -0.497 e. The van der Waals surface area contributed by atoms with Crippen LogP contribution in [0.5, 0.6) is 5.75 Å². The van der Waals surface area contributed by atoms with Crippen molar-refractivity contribution in [3.8, 4) is 22.1 Å². The van der Waals surface area contributed by atoms with E-state index >= 15 is 0 Å². The van der Waals surface area contributed by atoms with Crippen LogP contribution in [0.2, 0.25) is 5.02 Å².